The predicted molar refractivity (Wildman–Crippen MR) is 72.9 cm³/mol. The molecular formula is C14H20N2O2. The average Bonchev–Trinajstić information content (AvgIpc) is 2.34. The molecule has 1 saturated carbocycles. The lowest BCUT2D eigenvalue weighted by molar-refractivity contribution is -0.384. The van der Waals surface area contributed by atoms with Crippen LogP contribution in [0.25, 0.3) is 0 Å². The summed E-state index contributed by atoms with van der Waals surface area (Å²) < 4.78 is 0. The van der Waals surface area contributed by atoms with Crippen LogP contribution in [0, 0.1) is 23.0 Å². The van der Waals surface area contributed by atoms with Gasteiger partial charge >= 0.3 is 0 Å². The molecule has 0 bridgehead atoms. The van der Waals surface area contributed by atoms with Crippen LogP contribution in [0.1, 0.15) is 38.2 Å². The Balaban J connectivity index is 2.11. The van der Waals surface area contributed by atoms with Crippen LogP contribution in [-0.2, 0) is 0 Å². The van der Waals surface area contributed by atoms with Gasteiger partial charge in [0.15, 0.2) is 0 Å². The first-order valence-corrected chi connectivity index (χ1v) is 6.59. The van der Waals surface area contributed by atoms with E-state index in [1.54, 1.807) is 12.1 Å². The van der Waals surface area contributed by atoms with Crippen LogP contribution in [0.5, 0.6) is 0 Å². The van der Waals surface area contributed by atoms with Crippen LogP contribution >= 0.6 is 0 Å². The highest BCUT2D eigenvalue weighted by Gasteiger charge is 2.21. The van der Waals surface area contributed by atoms with Crippen LogP contribution in [0.3, 0.4) is 0 Å². The number of nitro benzene ring substituents is 1. The second-order valence-electron chi connectivity index (χ2n) is 5.27. The Morgan fingerprint density at radius 3 is 2.67 bits per heavy atom. The number of non-ortho nitro benzene ring substituents is 1. The zero-order valence-electron chi connectivity index (χ0n) is 11.0. The predicted octanol–water partition coefficient (Wildman–Crippen LogP) is 3.89. The number of hydrogen-bond donors (Lipinski definition) is 1. The van der Waals surface area contributed by atoms with Gasteiger partial charge in [0.25, 0.3) is 5.69 Å². The Morgan fingerprint density at radius 1 is 1.33 bits per heavy atom. The standard InChI is InChI=1S/C14H20N2O2/c1-10-5-3-4-6-13(10)15-14-8-7-12(16(17)18)9-11(14)2/h7-10,13,15H,3-6H2,1-2H3. The first-order valence-electron chi connectivity index (χ1n) is 6.59. The number of benzene rings is 1. The Kier molecular flexibility index (Phi) is 3.84. The molecule has 0 saturated heterocycles. The number of nitrogens with zero attached hydrogens (tertiary/aromatic N) is 1. The largest absolute Gasteiger partial charge is 0.382 e. The van der Waals surface area contributed by atoms with Crippen molar-refractivity contribution in [1.29, 1.82) is 0 Å². The van der Waals surface area contributed by atoms with Gasteiger partial charge in [-0.15, -0.1) is 0 Å². The molecule has 1 aromatic carbocycles. The van der Waals surface area contributed by atoms with E-state index in [2.05, 4.69) is 12.2 Å². The zero-order chi connectivity index (χ0) is 13.1. The summed E-state index contributed by atoms with van der Waals surface area (Å²) in [6.45, 7) is 4.19. The maximum atomic E-state index is 10.7. The Hall–Kier alpha value is -1.58. The smallest absolute Gasteiger partial charge is 0.269 e. The summed E-state index contributed by atoms with van der Waals surface area (Å²) in [6, 6.07) is 5.53. The first-order chi connectivity index (χ1) is 8.58. The van der Waals surface area contributed by atoms with E-state index < -0.39 is 0 Å². The molecule has 1 fully saturated rings. The molecule has 98 valence electrons. The van der Waals surface area contributed by atoms with Gasteiger partial charge in [-0.3, -0.25) is 10.1 Å². The summed E-state index contributed by atoms with van der Waals surface area (Å²) in [5.41, 5.74) is 2.14. The monoisotopic (exact) mass is 248 g/mol. The highest BCUT2D eigenvalue weighted by molar-refractivity contribution is 5.56. The average molecular weight is 248 g/mol. The van der Waals surface area contributed by atoms with Crippen molar-refractivity contribution in [3.63, 3.8) is 0 Å². The Labute approximate surface area is 108 Å². The molecule has 0 aromatic heterocycles. The minimum Gasteiger partial charge on any atom is -0.382 e. The Bertz CT molecular complexity index is 445. The van der Waals surface area contributed by atoms with Crippen molar-refractivity contribution in [2.75, 3.05) is 5.32 Å². The van der Waals surface area contributed by atoms with Crippen LogP contribution < -0.4 is 5.32 Å². The molecule has 1 aromatic rings. The van der Waals surface area contributed by atoms with Crippen molar-refractivity contribution >= 4 is 11.4 Å². The molecule has 1 aliphatic carbocycles. The summed E-state index contributed by atoms with van der Waals surface area (Å²) >= 11 is 0. The molecule has 1 aliphatic rings. The molecule has 1 N–H and O–H groups in total. The Morgan fingerprint density at radius 2 is 2.06 bits per heavy atom. The number of rotatable bonds is 3. The topological polar surface area (TPSA) is 55.2 Å². The molecule has 4 nitrogen and oxygen atoms in total. The van der Waals surface area contributed by atoms with E-state index in [-0.39, 0.29) is 10.6 Å². The van der Waals surface area contributed by atoms with Crippen LogP contribution in [0.2, 0.25) is 0 Å². The number of nitro groups is 1. The summed E-state index contributed by atoms with van der Waals surface area (Å²) in [5, 5.41) is 14.2. The van der Waals surface area contributed by atoms with Crippen molar-refractivity contribution in [3.05, 3.63) is 33.9 Å². The van der Waals surface area contributed by atoms with Crippen LogP contribution in [0.15, 0.2) is 18.2 Å². The van der Waals surface area contributed by atoms with Gasteiger partial charge in [-0.1, -0.05) is 19.8 Å². The normalized spacial score (nSPS) is 23.7. The fourth-order valence-electron chi connectivity index (χ4n) is 2.65. The van der Waals surface area contributed by atoms with Gasteiger partial charge in [0.05, 0.1) is 4.92 Å². The van der Waals surface area contributed by atoms with Gasteiger partial charge in [0, 0.05) is 23.9 Å². The highest BCUT2D eigenvalue weighted by Crippen LogP contribution is 2.29. The number of hydrogen-bond acceptors (Lipinski definition) is 3. The molecule has 0 aliphatic heterocycles. The minimum absolute atomic E-state index is 0.162. The van der Waals surface area contributed by atoms with Gasteiger partial charge in [-0.05, 0) is 37.3 Å². The molecule has 0 amide bonds. The van der Waals surface area contributed by atoms with Crippen molar-refractivity contribution in [1.82, 2.24) is 0 Å². The van der Waals surface area contributed by atoms with Gasteiger partial charge in [0.2, 0.25) is 0 Å². The fourth-order valence-corrected chi connectivity index (χ4v) is 2.65. The molecule has 2 rings (SSSR count). The zero-order valence-corrected chi connectivity index (χ0v) is 11.0. The molecule has 0 heterocycles. The van der Waals surface area contributed by atoms with Crippen molar-refractivity contribution < 1.29 is 4.92 Å². The van der Waals surface area contributed by atoms with E-state index >= 15 is 0 Å². The lowest BCUT2D eigenvalue weighted by Crippen LogP contribution is -2.30. The lowest BCUT2D eigenvalue weighted by Gasteiger charge is -2.30. The summed E-state index contributed by atoms with van der Waals surface area (Å²) in [7, 11) is 0. The van der Waals surface area contributed by atoms with Gasteiger partial charge in [-0.2, -0.15) is 0 Å². The quantitative estimate of drug-likeness (QED) is 0.652. The van der Waals surface area contributed by atoms with Crippen LogP contribution in [0.4, 0.5) is 11.4 Å². The third kappa shape index (κ3) is 2.81. The van der Waals surface area contributed by atoms with E-state index in [0.29, 0.717) is 12.0 Å². The van der Waals surface area contributed by atoms with Crippen LogP contribution in [-0.4, -0.2) is 11.0 Å². The molecule has 0 spiro atoms. The highest BCUT2D eigenvalue weighted by atomic mass is 16.6. The van der Waals surface area contributed by atoms with Gasteiger partial charge in [-0.25, -0.2) is 0 Å². The van der Waals surface area contributed by atoms with E-state index in [1.807, 2.05) is 13.0 Å². The van der Waals surface area contributed by atoms with Crippen molar-refractivity contribution in [2.24, 2.45) is 5.92 Å². The number of anilines is 1. The maximum Gasteiger partial charge on any atom is 0.269 e. The van der Waals surface area contributed by atoms with Crippen molar-refractivity contribution in [2.45, 2.75) is 45.6 Å². The number of aryl methyl sites for hydroxylation is 1. The van der Waals surface area contributed by atoms with E-state index in [9.17, 15) is 10.1 Å². The van der Waals surface area contributed by atoms with Gasteiger partial charge < -0.3 is 5.32 Å². The third-order valence-electron chi connectivity index (χ3n) is 3.87. The van der Waals surface area contributed by atoms with E-state index in [4.69, 9.17) is 0 Å². The minimum atomic E-state index is -0.347. The molecular weight excluding hydrogens is 228 g/mol. The molecule has 2 unspecified atom stereocenters. The lowest BCUT2D eigenvalue weighted by atomic mass is 9.85. The first kappa shape index (κ1) is 12.9. The molecule has 2 atom stereocenters. The van der Waals surface area contributed by atoms with Crippen molar-refractivity contribution in [3.8, 4) is 0 Å². The SMILES string of the molecule is Cc1cc([N+](=O)[O-])ccc1NC1CCCCC1C. The second-order valence-corrected chi connectivity index (χ2v) is 5.27. The van der Waals surface area contributed by atoms with E-state index in [0.717, 1.165) is 11.3 Å². The summed E-state index contributed by atoms with van der Waals surface area (Å²) in [5.74, 6) is 0.674. The molecule has 4 heteroatoms. The molecule has 0 radical (unpaired) electrons. The summed E-state index contributed by atoms with van der Waals surface area (Å²) in [4.78, 5) is 10.3. The maximum absolute atomic E-state index is 10.7. The second kappa shape index (κ2) is 5.38. The molecule has 18 heavy (non-hydrogen) atoms. The number of nitrogens with one attached hydrogen (secondary N) is 1. The summed E-state index contributed by atoms with van der Waals surface area (Å²) in [6.07, 6.45) is 5.05. The van der Waals surface area contributed by atoms with E-state index in [1.165, 1.54) is 25.7 Å². The van der Waals surface area contributed by atoms with Gasteiger partial charge in [0.1, 0.15) is 0 Å². The third-order valence-corrected chi connectivity index (χ3v) is 3.87. The fraction of sp³-hybridized carbons (Fsp3) is 0.571.